The van der Waals surface area contributed by atoms with E-state index in [-0.39, 0.29) is 0 Å². The third-order valence-corrected chi connectivity index (χ3v) is 1.77. The second kappa shape index (κ2) is 4.54. The second-order valence-electron chi connectivity index (χ2n) is 2.52. The maximum Gasteiger partial charge on any atom is 0.101 e. The molecule has 1 rings (SSSR count). The van der Waals surface area contributed by atoms with Crippen molar-refractivity contribution in [3.05, 3.63) is 35.4 Å². The Balaban J connectivity index is 2.97. The number of rotatable bonds is 2. The summed E-state index contributed by atoms with van der Waals surface area (Å²) in [5.74, 6) is 0.472. The van der Waals surface area contributed by atoms with E-state index in [9.17, 15) is 0 Å². The summed E-state index contributed by atoms with van der Waals surface area (Å²) in [5, 5.41) is 8.62. The maximum atomic E-state index is 8.62. The summed E-state index contributed by atoms with van der Waals surface area (Å²) >= 11 is 5.48. The summed E-state index contributed by atoms with van der Waals surface area (Å²) < 4.78 is 0. The van der Waals surface area contributed by atoms with Gasteiger partial charge in [0.25, 0.3) is 0 Å². The van der Waals surface area contributed by atoms with Gasteiger partial charge in [-0.05, 0) is 17.7 Å². The van der Waals surface area contributed by atoms with Crippen LogP contribution in [0.2, 0.25) is 0 Å². The molecule has 2 nitrogen and oxygen atoms in total. The Morgan fingerprint density at radius 2 is 2.31 bits per heavy atom. The van der Waals surface area contributed by atoms with E-state index in [2.05, 4.69) is 0 Å². The summed E-state index contributed by atoms with van der Waals surface area (Å²) in [7, 11) is 0. The SMILES string of the molecule is N#Cc1ccc(C=CCCl)cc1N. The monoisotopic (exact) mass is 192 g/mol. The molecule has 0 radical (unpaired) electrons. The van der Waals surface area contributed by atoms with Gasteiger partial charge in [0.1, 0.15) is 6.07 Å². The van der Waals surface area contributed by atoms with Gasteiger partial charge >= 0.3 is 0 Å². The quantitative estimate of drug-likeness (QED) is 0.578. The van der Waals surface area contributed by atoms with E-state index in [1.807, 2.05) is 24.3 Å². The predicted molar refractivity (Wildman–Crippen MR) is 55.3 cm³/mol. The summed E-state index contributed by atoms with van der Waals surface area (Å²) in [6.07, 6.45) is 3.69. The van der Waals surface area contributed by atoms with Crippen molar-refractivity contribution in [1.82, 2.24) is 0 Å². The maximum absolute atomic E-state index is 8.62. The average molecular weight is 193 g/mol. The van der Waals surface area contributed by atoms with Gasteiger partial charge in [-0.1, -0.05) is 18.2 Å². The second-order valence-corrected chi connectivity index (χ2v) is 2.82. The number of nitrogen functional groups attached to an aromatic ring is 1. The summed E-state index contributed by atoms with van der Waals surface area (Å²) in [4.78, 5) is 0. The molecule has 0 fully saturated rings. The molecular weight excluding hydrogens is 184 g/mol. The zero-order chi connectivity index (χ0) is 9.68. The van der Waals surface area contributed by atoms with Crippen LogP contribution in [0.5, 0.6) is 0 Å². The third-order valence-electron chi connectivity index (χ3n) is 1.60. The van der Waals surface area contributed by atoms with Gasteiger partial charge in [-0.25, -0.2) is 0 Å². The van der Waals surface area contributed by atoms with E-state index in [4.69, 9.17) is 22.6 Å². The molecule has 3 heteroatoms. The zero-order valence-corrected chi connectivity index (χ0v) is 7.75. The summed E-state index contributed by atoms with van der Waals surface area (Å²) in [6, 6.07) is 7.28. The molecule has 0 aliphatic rings. The van der Waals surface area contributed by atoms with E-state index < -0.39 is 0 Å². The number of allylic oxidation sites excluding steroid dienone is 1. The largest absolute Gasteiger partial charge is 0.398 e. The molecule has 0 aromatic heterocycles. The van der Waals surface area contributed by atoms with Crippen molar-refractivity contribution in [1.29, 1.82) is 5.26 Å². The van der Waals surface area contributed by atoms with Gasteiger partial charge < -0.3 is 5.73 Å². The van der Waals surface area contributed by atoms with Crippen LogP contribution < -0.4 is 5.73 Å². The Kier molecular flexibility index (Phi) is 3.36. The van der Waals surface area contributed by atoms with Crippen LogP contribution in [0.4, 0.5) is 5.69 Å². The standard InChI is InChI=1S/C10H9ClN2/c11-5-1-2-8-3-4-9(7-12)10(13)6-8/h1-4,6H,5,13H2. The normalized spacial score (nSPS) is 10.2. The van der Waals surface area contributed by atoms with Gasteiger partial charge in [-0.15, -0.1) is 11.6 Å². The van der Waals surface area contributed by atoms with Crippen LogP contribution in [-0.4, -0.2) is 5.88 Å². The fourth-order valence-corrected chi connectivity index (χ4v) is 1.06. The van der Waals surface area contributed by atoms with Gasteiger partial charge in [0.05, 0.1) is 11.3 Å². The summed E-state index contributed by atoms with van der Waals surface area (Å²) in [6.45, 7) is 0. The molecular formula is C10H9ClN2. The Bertz CT molecular complexity index is 364. The number of nitrogens with zero attached hydrogens (tertiary/aromatic N) is 1. The number of hydrogen-bond acceptors (Lipinski definition) is 2. The minimum Gasteiger partial charge on any atom is -0.398 e. The molecule has 2 N–H and O–H groups in total. The average Bonchev–Trinajstić information content (AvgIpc) is 2.15. The first-order valence-corrected chi connectivity index (χ1v) is 4.33. The fourth-order valence-electron chi connectivity index (χ4n) is 0.967. The first-order valence-electron chi connectivity index (χ1n) is 3.80. The lowest BCUT2D eigenvalue weighted by Crippen LogP contribution is -1.90. The minimum absolute atomic E-state index is 0.472. The van der Waals surface area contributed by atoms with E-state index in [1.54, 1.807) is 12.1 Å². The Labute approximate surface area is 82.2 Å². The lowest BCUT2D eigenvalue weighted by molar-refractivity contribution is 1.48. The number of hydrogen-bond donors (Lipinski definition) is 1. The van der Waals surface area contributed by atoms with E-state index in [0.29, 0.717) is 17.1 Å². The molecule has 0 aliphatic heterocycles. The van der Waals surface area contributed by atoms with Crippen LogP contribution >= 0.6 is 11.6 Å². The summed E-state index contributed by atoms with van der Waals surface area (Å²) in [5.41, 5.74) is 7.57. The highest BCUT2D eigenvalue weighted by atomic mass is 35.5. The predicted octanol–water partition coefficient (Wildman–Crippen LogP) is 2.39. The lowest BCUT2D eigenvalue weighted by Gasteiger charge is -1.98. The molecule has 0 unspecified atom stereocenters. The van der Waals surface area contributed by atoms with E-state index in [0.717, 1.165) is 5.56 Å². The molecule has 0 spiro atoms. The molecule has 66 valence electrons. The number of halogens is 1. The number of anilines is 1. The number of nitriles is 1. The molecule has 0 heterocycles. The lowest BCUT2D eigenvalue weighted by atomic mass is 10.1. The topological polar surface area (TPSA) is 49.8 Å². The number of benzene rings is 1. The van der Waals surface area contributed by atoms with Gasteiger partial charge in [0.2, 0.25) is 0 Å². The third kappa shape index (κ3) is 2.50. The van der Waals surface area contributed by atoms with Crippen molar-refractivity contribution in [3.63, 3.8) is 0 Å². The molecule has 1 aromatic carbocycles. The van der Waals surface area contributed by atoms with Crippen molar-refractivity contribution in [2.75, 3.05) is 11.6 Å². The van der Waals surface area contributed by atoms with Gasteiger partial charge in [0, 0.05) is 5.88 Å². The van der Waals surface area contributed by atoms with Crippen LogP contribution in [0.1, 0.15) is 11.1 Å². The molecule has 0 bridgehead atoms. The van der Waals surface area contributed by atoms with E-state index >= 15 is 0 Å². The van der Waals surface area contributed by atoms with Crippen molar-refractivity contribution < 1.29 is 0 Å². The minimum atomic E-state index is 0.472. The van der Waals surface area contributed by atoms with Gasteiger partial charge in [0.15, 0.2) is 0 Å². The van der Waals surface area contributed by atoms with Gasteiger partial charge in [-0.2, -0.15) is 5.26 Å². The first-order chi connectivity index (χ1) is 6.27. The van der Waals surface area contributed by atoms with Crippen LogP contribution in [0.25, 0.3) is 6.08 Å². The molecule has 1 aromatic rings. The van der Waals surface area contributed by atoms with Crippen LogP contribution in [0, 0.1) is 11.3 Å². The van der Waals surface area contributed by atoms with Crippen LogP contribution in [0.3, 0.4) is 0 Å². The highest BCUT2D eigenvalue weighted by Gasteiger charge is 1.96. The molecule has 0 atom stereocenters. The highest BCUT2D eigenvalue weighted by Crippen LogP contribution is 2.14. The molecule has 0 saturated carbocycles. The molecule has 0 amide bonds. The van der Waals surface area contributed by atoms with Crippen LogP contribution in [-0.2, 0) is 0 Å². The van der Waals surface area contributed by atoms with Crippen molar-refractivity contribution in [2.45, 2.75) is 0 Å². The Hall–Kier alpha value is -1.46. The Morgan fingerprint density at radius 1 is 1.54 bits per heavy atom. The highest BCUT2D eigenvalue weighted by molar-refractivity contribution is 6.19. The van der Waals surface area contributed by atoms with Crippen molar-refractivity contribution in [2.24, 2.45) is 0 Å². The van der Waals surface area contributed by atoms with E-state index in [1.165, 1.54) is 0 Å². The zero-order valence-electron chi connectivity index (χ0n) is 7.00. The van der Waals surface area contributed by atoms with Crippen LogP contribution in [0.15, 0.2) is 24.3 Å². The first kappa shape index (κ1) is 9.63. The smallest absolute Gasteiger partial charge is 0.101 e. The number of alkyl halides is 1. The molecule has 13 heavy (non-hydrogen) atoms. The Morgan fingerprint density at radius 3 is 2.85 bits per heavy atom. The van der Waals surface area contributed by atoms with Gasteiger partial charge in [-0.3, -0.25) is 0 Å². The number of nitrogens with two attached hydrogens (primary N) is 1. The molecule has 0 aliphatic carbocycles. The fraction of sp³-hybridized carbons (Fsp3) is 0.100. The van der Waals surface area contributed by atoms with Crippen molar-refractivity contribution in [3.8, 4) is 6.07 Å². The van der Waals surface area contributed by atoms with Crippen molar-refractivity contribution >= 4 is 23.4 Å². The molecule has 0 saturated heterocycles.